The molecule has 9 heteroatoms. The van der Waals surface area contributed by atoms with E-state index in [2.05, 4.69) is 45.4 Å². The summed E-state index contributed by atoms with van der Waals surface area (Å²) in [5.74, 6) is 0.0368. The van der Waals surface area contributed by atoms with Gasteiger partial charge in [0.2, 0.25) is 0 Å². The number of benzene rings is 3. The number of hydrogen-bond acceptors (Lipinski definition) is 5. The fraction of sp³-hybridized carbons (Fsp3) is 0.143. The Morgan fingerprint density at radius 1 is 1.03 bits per heavy atom. The van der Waals surface area contributed by atoms with Crippen molar-refractivity contribution in [2.45, 2.75) is 13.3 Å². The number of rotatable bonds is 10. The molecule has 0 saturated carbocycles. The highest BCUT2D eigenvalue weighted by atomic mass is 127. The molecule has 3 aromatic carbocycles. The van der Waals surface area contributed by atoms with Crippen molar-refractivity contribution in [2.75, 3.05) is 13.2 Å². The molecule has 1 aromatic heterocycles. The van der Waals surface area contributed by atoms with Gasteiger partial charge in [0.1, 0.15) is 11.4 Å². The SMILES string of the molecule is CCCOc1ccc(-c2nn(-c3ccccc3)cc2/C=N\NC(=O)CNC(=O)c2ccccc2I)cc1. The lowest BCUT2D eigenvalue weighted by molar-refractivity contribution is -0.120. The van der Waals surface area contributed by atoms with Crippen LogP contribution >= 0.6 is 22.6 Å². The number of aromatic nitrogens is 2. The second kappa shape index (κ2) is 12.8. The van der Waals surface area contributed by atoms with Crippen LogP contribution in [0.4, 0.5) is 0 Å². The minimum absolute atomic E-state index is 0.198. The first-order valence-corrected chi connectivity index (χ1v) is 12.9. The van der Waals surface area contributed by atoms with Crippen LogP contribution < -0.4 is 15.5 Å². The third kappa shape index (κ3) is 7.04. The van der Waals surface area contributed by atoms with Crippen molar-refractivity contribution in [3.05, 3.63) is 99.8 Å². The molecule has 0 radical (unpaired) electrons. The maximum Gasteiger partial charge on any atom is 0.259 e. The van der Waals surface area contributed by atoms with Gasteiger partial charge >= 0.3 is 0 Å². The lowest BCUT2D eigenvalue weighted by Gasteiger charge is -2.06. The van der Waals surface area contributed by atoms with E-state index in [4.69, 9.17) is 9.84 Å². The Labute approximate surface area is 228 Å². The van der Waals surface area contributed by atoms with E-state index < -0.39 is 5.91 Å². The zero-order chi connectivity index (χ0) is 26.0. The number of amides is 2. The van der Waals surface area contributed by atoms with E-state index in [1.54, 1.807) is 23.0 Å². The summed E-state index contributed by atoms with van der Waals surface area (Å²) in [6.07, 6.45) is 4.33. The second-order valence-electron chi connectivity index (χ2n) is 8.04. The number of ether oxygens (including phenoxy) is 1. The Balaban J connectivity index is 1.47. The number of hydrogen-bond donors (Lipinski definition) is 2. The smallest absolute Gasteiger partial charge is 0.259 e. The minimum atomic E-state index is -0.440. The highest BCUT2D eigenvalue weighted by Gasteiger charge is 2.13. The van der Waals surface area contributed by atoms with Gasteiger partial charge in [0, 0.05) is 20.9 Å². The summed E-state index contributed by atoms with van der Waals surface area (Å²) in [7, 11) is 0. The second-order valence-corrected chi connectivity index (χ2v) is 9.20. The molecule has 4 aromatic rings. The van der Waals surface area contributed by atoms with E-state index in [0.717, 1.165) is 27.0 Å². The molecule has 0 atom stereocenters. The van der Waals surface area contributed by atoms with Crippen LogP contribution in [-0.4, -0.2) is 41.0 Å². The predicted molar refractivity (Wildman–Crippen MR) is 152 cm³/mol. The standard InChI is InChI=1S/C28H26IN5O3/c1-2-16-37-23-14-12-20(13-15-23)27-21(19-34(33-27)22-8-4-3-5-9-22)17-31-32-26(35)18-30-28(36)24-10-6-7-11-25(24)29/h3-15,17,19H,2,16,18H2,1H3,(H,30,36)(H,32,35)/b31-17-. The molecular weight excluding hydrogens is 581 g/mol. The molecule has 0 saturated heterocycles. The first-order valence-electron chi connectivity index (χ1n) is 11.8. The van der Waals surface area contributed by atoms with Gasteiger partial charge in [0.15, 0.2) is 0 Å². The minimum Gasteiger partial charge on any atom is -0.494 e. The summed E-state index contributed by atoms with van der Waals surface area (Å²) in [5, 5.41) is 11.5. The number of nitrogens with zero attached hydrogens (tertiary/aromatic N) is 3. The van der Waals surface area contributed by atoms with Gasteiger partial charge in [-0.1, -0.05) is 37.3 Å². The molecule has 0 fully saturated rings. The summed E-state index contributed by atoms with van der Waals surface area (Å²) in [6, 6.07) is 24.6. The maximum absolute atomic E-state index is 12.3. The van der Waals surface area contributed by atoms with Gasteiger partial charge in [0.25, 0.3) is 11.8 Å². The van der Waals surface area contributed by atoms with Crippen LogP contribution in [-0.2, 0) is 4.79 Å². The zero-order valence-corrected chi connectivity index (χ0v) is 22.4. The summed E-state index contributed by atoms with van der Waals surface area (Å²) in [5.41, 5.74) is 6.19. The number of nitrogens with one attached hydrogen (secondary N) is 2. The average molecular weight is 607 g/mol. The average Bonchev–Trinajstić information content (AvgIpc) is 3.36. The van der Waals surface area contributed by atoms with Crippen LogP contribution in [0.5, 0.6) is 5.75 Å². The zero-order valence-electron chi connectivity index (χ0n) is 20.2. The maximum atomic E-state index is 12.3. The van der Waals surface area contributed by atoms with Gasteiger partial charge in [-0.05, 0) is 77.5 Å². The Bertz CT molecular complexity index is 1380. The molecule has 2 amide bonds. The third-order valence-electron chi connectivity index (χ3n) is 5.28. The third-order valence-corrected chi connectivity index (χ3v) is 6.23. The van der Waals surface area contributed by atoms with Gasteiger partial charge in [0.05, 0.1) is 30.6 Å². The summed E-state index contributed by atoms with van der Waals surface area (Å²) in [6.45, 7) is 2.52. The van der Waals surface area contributed by atoms with Crippen LogP contribution in [0.1, 0.15) is 29.3 Å². The first kappa shape index (κ1) is 26.1. The molecule has 0 aliphatic rings. The van der Waals surface area contributed by atoms with Crippen molar-refractivity contribution in [2.24, 2.45) is 5.10 Å². The first-order chi connectivity index (χ1) is 18.0. The monoisotopic (exact) mass is 607 g/mol. The van der Waals surface area contributed by atoms with Crippen molar-refractivity contribution < 1.29 is 14.3 Å². The summed E-state index contributed by atoms with van der Waals surface area (Å²) < 4.78 is 8.26. The normalized spacial score (nSPS) is 10.9. The molecule has 37 heavy (non-hydrogen) atoms. The molecule has 188 valence electrons. The van der Waals surface area contributed by atoms with Crippen LogP contribution in [0.15, 0.2) is 90.2 Å². The van der Waals surface area contributed by atoms with Crippen LogP contribution in [0, 0.1) is 3.57 Å². The molecule has 0 bridgehead atoms. The van der Waals surface area contributed by atoms with Crippen molar-refractivity contribution in [3.8, 4) is 22.7 Å². The predicted octanol–water partition coefficient (Wildman–Crippen LogP) is 4.81. The van der Waals surface area contributed by atoms with Crippen LogP contribution in [0.3, 0.4) is 0 Å². The molecule has 2 N–H and O–H groups in total. The molecule has 4 rings (SSSR count). The molecule has 0 unspecified atom stereocenters. The number of carbonyl (C=O) groups excluding carboxylic acids is 2. The van der Waals surface area contributed by atoms with Gasteiger partial charge in [-0.15, -0.1) is 0 Å². The molecular formula is C28H26IN5O3. The molecule has 0 aliphatic heterocycles. The van der Waals surface area contributed by atoms with E-state index >= 15 is 0 Å². The highest BCUT2D eigenvalue weighted by molar-refractivity contribution is 14.1. The van der Waals surface area contributed by atoms with E-state index in [0.29, 0.717) is 23.4 Å². The largest absolute Gasteiger partial charge is 0.494 e. The van der Waals surface area contributed by atoms with E-state index in [1.807, 2.05) is 72.9 Å². The molecule has 0 aliphatic carbocycles. The topological polar surface area (TPSA) is 97.6 Å². The Hall–Kier alpha value is -3.99. The fourth-order valence-electron chi connectivity index (χ4n) is 3.46. The fourth-order valence-corrected chi connectivity index (χ4v) is 4.09. The number of carbonyl (C=O) groups is 2. The number of halogens is 1. The van der Waals surface area contributed by atoms with Gasteiger partial charge in [-0.25, -0.2) is 10.1 Å². The van der Waals surface area contributed by atoms with Gasteiger partial charge in [-0.2, -0.15) is 10.2 Å². The Morgan fingerprint density at radius 2 is 1.76 bits per heavy atom. The van der Waals surface area contributed by atoms with Crippen molar-refractivity contribution in [3.63, 3.8) is 0 Å². The molecule has 8 nitrogen and oxygen atoms in total. The van der Waals surface area contributed by atoms with E-state index in [1.165, 1.54) is 0 Å². The summed E-state index contributed by atoms with van der Waals surface area (Å²) >= 11 is 2.08. The lowest BCUT2D eigenvalue weighted by Crippen LogP contribution is -2.35. The number of hydrazone groups is 1. The lowest BCUT2D eigenvalue weighted by atomic mass is 10.1. The van der Waals surface area contributed by atoms with E-state index in [-0.39, 0.29) is 12.5 Å². The Kier molecular flexibility index (Phi) is 9.03. The van der Waals surface area contributed by atoms with Crippen LogP contribution in [0.25, 0.3) is 16.9 Å². The Morgan fingerprint density at radius 3 is 2.49 bits per heavy atom. The van der Waals surface area contributed by atoms with E-state index in [9.17, 15) is 9.59 Å². The molecule has 1 heterocycles. The summed E-state index contributed by atoms with van der Waals surface area (Å²) in [4.78, 5) is 24.6. The van der Waals surface area contributed by atoms with Gasteiger partial charge < -0.3 is 10.1 Å². The van der Waals surface area contributed by atoms with Gasteiger partial charge in [-0.3, -0.25) is 9.59 Å². The van der Waals surface area contributed by atoms with Crippen molar-refractivity contribution in [1.29, 1.82) is 0 Å². The highest BCUT2D eigenvalue weighted by Crippen LogP contribution is 2.25. The number of para-hydroxylation sites is 1. The van der Waals surface area contributed by atoms with Crippen molar-refractivity contribution in [1.82, 2.24) is 20.5 Å². The quantitative estimate of drug-likeness (QED) is 0.154. The van der Waals surface area contributed by atoms with Crippen molar-refractivity contribution >= 4 is 40.6 Å². The molecule has 0 spiro atoms. The van der Waals surface area contributed by atoms with Crippen LogP contribution in [0.2, 0.25) is 0 Å².